The predicted molar refractivity (Wildman–Crippen MR) is 80.2 cm³/mol. The summed E-state index contributed by atoms with van der Waals surface area (Å²) in [5.41, 5.74) is 3.19. The van der Waals surface area contributed by atoms with E-state index in [2.05, 4.69) is 29.9 Å². The van der Waals surface area contributed by atoms with Gasteiger partial charge in [0.1, 0.15) is 0 Å². The lowest BCUT2D eigenvalue weighted by atomic mass is 9.30. The number of hydrogen-bond acceptors (Lipinski definition) is 3. The monoisotopic (exact) mass is 276 g/mol. The largest absolute Gasteiger partial charge is 0.379 e. The van der Waals surface area contributed by atoms with Gasteiger partial charge in [-0.3, -0.25) is 0 Å². The van der Waals surface area contributed by atoms with Crippen LogP contribution in [0.1, 0.15) is 39.5 Å². The van der Waals surface area contributed by atoms with Crippen molar-refractivity contribution in [2.24, 2.45) is 16.7 Å². The first-order chi connectivity index (χ1) is 9.64. The van der Waals surface area contributed by atoms with E-state index >= 15 is 0 Å². The third-order valence-electron chi connectivity index (χ3n) is 6.55. The summed E-state index contributed by atoms with van der Waals surface area (Å²) >= 11 is 0. The van der Waals surface area contributed by atoms with E-state index < -0.39 is 0 Å². The van der Waals surface area contributed by atoms with E-state index in [4.69, 9.17) is 4.74 Å². The Bertz CT molecular complexity index is 403. The van der Waals surface area contributed by atoms with Crippen LogP contribution < -0.4 is 0 Å². The van der Waals surface area contributed by atoms with Crippen LogP contribution in [0.4, 0.5) is 0 Å². The van der Waals surface area contributed by atoms with Crippen molar-refractivity contribution in [1.82, 2.24) is 10.0 Å². The van der Waals surface area contributed by atoms with E-state index in [1.54, 1.807) is 5.57 Å². The lowest BCUT2D eigenvalue weighted by molar-refractivity contribution is -0.208. The number of ether oxygens (including phenoxy) is 1. The summed E-state index contributed by atoms with van der Waals surface area (Å²) in [6.45, 7) is 11.1. The van der Waals surface area contributed by atoms with Gasteiger partial charge in [0.05, 0.1) is 13.2 Å². The first kappa shape index (κ1) is 13.3. The first-order valence-electron chi connectivity index (χ1n) is 8.41. The lowest BCUT2D eigenvalue weighted by Gasteiger charge is -2.74. The van der Waals surface area contributed by atoms with Crippen LogP contribution in [0.15, 0.2) is 11.6 Å². The van der Waals surface area contributed by atoms with E-state index in [1.165, 1.54) is 32.2 Å². The van der Waals surface area contributed by atoms with Gasteiger partial charge in [-0.15, -0.1) is 0 Å². The molecule has 3 saturated carbocycles. The van der Waals surface area contributed by atoms with Crippen LogP contribution in [-0.4, -0.2) is 49.4 Å². The van der Waals surface area contributed by atoms with Gasteiger partial charge in [0.25, 0.3) is 0 Å². The van der Waals surface area contributed by atoms with Gasteiger partial charge in [0.15, 0.2) is 0 Å². The molecule has 20 heavy (non-hydrogen) atoms. The average molecular weight is 276 g/mol. The van der Waals surface area contributed by atoms with Crippen LogP contribution >= 0.6 is 0 Å². The second-order valence-corrected chi connectivity index (χ2v) is 7.79. The van der Waals surface area contributed by atoms with E-state index in [0.29, 0.717) is 5.41 Å². The van der Waals surface area contributed by atoms with Crippen LogP contribution in [0.25, 0.3) is 0 Å². The van der Waals surface area contributed by atoms with Crippen LogP contribution in [0.5, 0.6) is 0 Å². The molecule has 0 amide bonds. The molecule has 0 spiro atoms. The molecule has 5 rings (SSSR count). The maximum Gasteiger partial charge on any atom is 0.0608 e. The Morgan fingerprint density at radius 3 is 2.30 bits per heavy atom. The van der Waals surface area contributed by atoms with Gasteiger partial charge in [-0.1, -0.05) is 25.5 Å². The molecule has 1 saturated heterocycles. The molecule has 0 N–H and O–H groups in total. The highest BCUT2D eigenvalue weighted by molar-refractivity contribution is 5.33. The van der Waals surface area contributed by atoms with Crippen molar-refractivity contribution >= 4 is 0 Å². The zero-order valence-corrected chi connectivity index (χ0v) is 13.0. The highest BCUT2D eigenvalue weighted by Crippen LogP contribution is 2.79. The van der Waals surface area contributed by atoms with Crippen molar-refractivity contribution in [3.63, 3.8) is 0 Å². The summed E-state index contributed by atoms with van der Waals surface area (Å²) in [5, 5.41) is 5.03. The van der Waals surface area contributed by atoms with Crippen LogP contribution in [0.3, 0.4) is 0 Å². The minimum Gasteiger partial charge on any atom is -0.379 e. The molecule has 112 valence electrons. The summed E-state index contributed by atoms with van der Waals surface area (Å²) < 4.78 is 5.45. The molecule has 5 aliphatic rings. The van der Waals surface area contributed by atoms with Gasteiger partial charge in [0.2, 0.25) is 0 Å². The SMILES string of the molecule is CC(C)C12CC(C3=CCN(N4CCOCC4)CC3)(C1)C2. The summed E-state index contributed by atoms with van der Waals surface area (Å²) in [6.07, 6.45) is 8.32. The van der Waals surface area contributed by atoms with Crippen molar-refractivity contribution in [2.75, 3.05) is 39.4 Å². The lowest BCUT2D eigenvalue weighted by Crippen LogP contribution is -2.65. The quantitative estimate of drug-likeness (QED) is 0.737. The second-order valence-electron chi connectivity index (χ2n) is 7.79. The Morgan fingerprint density at radius 2 is 1.75 bits per heavy atom. The van der Waals surface area contributed by atoms with Crippen molar-refractivity contribution in [1.29, 1.82) is 0 Å². The Kier molecular flexibility index (Phi) is 3.03. The molecule has 2 bridgehead atoms. The van der Waals surface area contributed by atoms with Crippen LogP contribution in [0, 0.1) is 16.7 Å². The number of hydrogen-bond donors (Lipinski definition) is 0. The molecule has 0 aromatic carbocycles. The maximum absolute atomic E-state index is 5.45. The van der Waals surface area contributed by atoms with Crippen LogP contribution in [-0.2, 0) is 4.74 Å². The summed E-state index contributed by atoms with van der Waals surface area (Å²) in [7, 11) is 0. The van der Waals surface area contributed by atoms with E-state index in [0.717, 1.165) is 44.2 Å². The molecule has 0 unspecified atom stereocenters. The highest BCUT2D eigenvalue weighted by Gasteiger charge is 2.69. The van der Waals surface area contributed by atoms with Gasteiger partial charge < -0.3 is 4.74 Å². The number of rotatable bonds is 3. The zero-order chi connectivity index (χ0) is 13.8. The fourth-order valence-corrected chi connectivity index (χ4v) is 5.05. The molecule has 0 atom stereocenters. The summed E-state index contributed by atoms with van der Waals surface area (Å²) in [4.78, 5) is 0. The highest BCUT2D eigenvalue weighted by atomic mass is 16.5. The van der Waals surface area contributed by atoms with E-state index in [9.17, 15) is 0 Å². The van der Waals surface area contributed by atoms with Gasteiger partial charge in [-0.05, 0) is 42.4 Å². The number of morpholine rings is 1. The number of hydrazine groups is 1. The molecule has 2 heterocycles. The van der Waals surface area contributed by atoms with Gasteiger partial charge in [-0.25, -0.2) is 10.0 Å². The maximum atomic E-state index is 5.45. The topological polar surface area (TPSA) is 15.7 Å². The van der Waals surface area contributed by atoms with Crippen LogP contribution in [0.2, 0.25) is 0 Å². The number of nitrogens with zero attached hydrogens (tertiary/aromatic N) is 2. The third-order valence-corrected chi connectivity index (χ3v) is 6.55. The summed E-state index contributed by atoms with van der Waals surface area (Å²) in [5.74, 6) is 0.887. The Hall–Kier alpha value is -0.380. The van der Waals surface area contributed by atoms with E-state index in [-0.39, 0.29) is 0 Å². The third kappa shape index (κ3) is 1.83. The minimum absolute atomic E-state index is 0.654. The molecule has 4 fully saturated rings. The van der Waals surface area contributed by atoms with Crippen molar-refractivity contribution in [3.8, 4) is 0 Å². The Labute approximate surface area is 122 Å². The van der Waals surface area contributed by atoms with Crippen molar-refractivity contribution in [3.05, 3.63) is 11.6 Å². The van der Waals surface area contributed by atoms with Gasteiger partial charge in [-0.2, -0.15) is 0 Å². The molecular formula is C17H28N2O. The fraction of sp³-hybridized carbons (Fsp3) is 0.882. The van der Waals surface area contributed by atoms with Gasteiger partial charge in [0, 0.05) is 26.2 Å². The Morgan fingerprint density at radius 1 is 1.05 bits per heavy atom. The smallest absolute Gasteiger partial charge is 0.0608 e. The molecule has 3 nitrogen and oxygen atoms in total. The molecular weight excluding hydrogens is 248 g/mol. The molecule has 2 aliphatic heterocycles. The molecule has 3 aliphatic carbocycles. The molecule has 0 aromatic rings. The minimum atomic E-state index is 0.654. The zero-order valence-electron chi connectivity index (χ0n) is 13.0. The normalized spacial score (nSPS) is 42.0. The molecule has 3 heteroatoms. The predicted octanol–water partition coefficient (Wildman–Crippen LogP) is 2.69. The first-order valence-corrected chi connectivity index (χ1v) is 8.41. The van der Waals surface area contributed by atoms with Crippen molar-refractivity contribution in [2.45, 2.75) is 39.5 Å². The average Bonchev–Trinajstić information content (AvgIpc) is 2.37. The van der Waals surface area contributed by atoms with E-state index in [1.807, 2.05) is 0 Å². The molecule has 0 radical (unpaired) electrons. The Balaban J connectivity index is 1.36. The molecule has 0 aromatic heterocycles. The summed E-state index contributed by atoms with van der Waals surface area (Å²) in [6, 6.07) is 0. The second kappa shape index (κ2) is 4.56. The van der Waals surface area contributed by atoms with Crippen molar-refractivity contribution < 1.29 is 4.74 Å². The van der Waals surface area contributed by atoms with Gasteiger partial charge >= 0.3 is 0 Å². The standard InChI is InChI=1S/C17H28N2O/c1-14(2)16-11-17(12-16,13-16)15-3-5-18(6-4-15)19-7-9-20-10-8-19/h3,14H,4-13H2,1-2H3. The fourth-order valence-electron chi connectivity index (χ4n) is 5.05.